The highest BCUT2D eigenvalue weighted by molar-refractivity contribution is 7.17. The van der Waals surface area contributed by atoms with Crippen molar-refractivity contribution in [2.45, 2.75) is 0 Å². The molecule has 12 aromatic rings. The number of halogens is 2. The molecule has 2 aromatic heterocycles. The van der Waals surface area contributed by atoms with Gasteiger partial charge < -0.3 is 69.0 Å². The Hall–Kier alpha value is -13.4. The van der Waals surface area contributed by atoms with E-state index < -0.39 is 15.7 Å². The van der Waals surface area contributed by atoms with Gasteiger partial charge >= 0.3 is 0 Å². The average molecular weight is 1440 g/mol. The second kappa shape index (κ2) is 44.8. The van der Waals surface area contributed by atoms with Crippen molar-refractivity contribution in [1.29, 1.82) is 10.5 Å². The van der Waals surface area contributed by atoms with Gasteiger partial charge in [-0.1, -0.05) is 60.1 Å². The fraction of sp³-hybridized carbons (Fsp3) is 0.0811. The number of nitrogen functional groups attached to an aromatic ring is 1. The predicted octanol–water partition coefficient (Wildman–Crippen LogP) is 15.2. The van der Waals surface area contributed by atoms with Crippen LogP contribution in [0.5, 0.6) is 86.2 Å². The van der Waals surface area contributed by atoms with Crippen LogP contribution in [0.4, 0.5) is 32.8 Å². The van der Waals surface area contributed by atoms with E-state index in [-0.39, 0.29) is 37.0 Å². The van der Waals surface area contributed by atoms with E-state index in [4.69, 9.17) is 70.3 Å². The average Bonchev–Trinajstić information content (AvgIpc) is 0.789. The predicted molar refractivity (Wildman–Crippen MR) is 409 cm³/mol. The Balaban J connectivity index is 0.000000278. The van der Waals surface area contributed by atoms with E-state index in [1.807, 2.05) is 103 Å². The molecule has 2 heterocycles. The first-order valence-corrected chi connectivity index (χ1v) is 30.7. The van der Waals surface area contributed by atoms with Crippen molar-refractivity contribution in [2.75, 3.05) is 53.7 Å². The second-order valence-electron chi connectivity index (χ2n) is 20.2. The Morgan fingerprint density at radius 1 is 0.481 bits per heavy atom. The summed E-state index contributed by atoms with van der Waals surface area (Å²) in [7, 11) is 27.2. The molecule has 0 atom stereocenters. The van der Waals surface area contributed by atoms with Crippen molar-refractivity contribution in [2.24, 2.45) is 0 Å². The Morgan fingerprint density at radius 3 is 1.18 bits per heavy atom. The van der Waals surface area contributed by atoms with Gasteiger partial charge in [-0.2, -0.15) is 10.5 Å². The first-order valence-electron chi connectivity index (χ1n) is 30.3. The summed E-state index contributed by atoms with van der Waals surface area (Å²) in [5, 5.41) is 72.3. The molecule has 0 amide bonds. The van der Waals surface area contributed by atoms with Crippen molar-refractivity contribution in [3.63, 3.8) is 0 Å². The quantitative estimate of drug-likeness (QED) is 0.0260. The number of fused-ring (bicyclic) bond motifs is 2. The van der Waals surface area contributed by atoms with Crippen LogP contribution in [0.2, 0.25) is 5.02 Å². The highest BCUT2D eigenvalue weighted by atomic mass is 35.5. The zero-order valence-corrected chi connectivity index (χ0v) is 58.3. The van der Waals surface area contributed by atoms with Crippen LogP contribution in [-0.2, 0) is 0 Å². The molecule has 24 nitrogen and oxygen atoms in total. The van der Waals surface area contributed by atoms with E-state index in [0.29, 0.717) is 113 Å². The van der Waals surface area contributed by atoms with Crippen molar-refractivity contribution in [3.05, 3.63) is 273 Å². The molecule has 0 aliphatic carbocycles. The van der Waals surface area contributed by atoms with Gasteiger partial charge in [0, 0.05) is 117 Å². The van der Waals surface area contributed by atoms with Crippen LogP contribution in [-0.4, -0.2) is 124 Å². The number of non-ortho nitro benzene ring substituents is 2. The van der Waals surface area contributed by atoms with Crippen molar-refractivity contribution in [3.8, 4) is 98.4 Å². The monoisotopic (exact) mass is 1440 g/mol. The van der Waals surface area contributed by atoms with E-state index in [9.17, 15) is 40.1 Å². The fourth-order valence-corrected chi connectivity index (χ4v) is 8.86. The number of methoxy groups -OCH3 is 6. The minimum absolute atomic E-state index is 0. The molecule has 0 fully saturated rings. The number of anilines is 3. The van der Waals surface area contributed by atoms with Gasteiger partial charge in [0.2, 0.25) is 0 Å². The lowest BCUT2D eigenvalue weighted by molar-refractivity contribution is -0.385. The third-order valence-corrected chi connectivity index (χ3v) is 14.0. The number of aromatic nitrogens is 2. The van der Waals surface area contributed by atoms with Crippen LogP contribution >= 0.6 is 11.6 Å². The van der Waals surface area contributed by atoms with Crippen LogP contribution < -0.4 is 53.7 Å². The molecule has 12 radical (unpaired) electrons. The first kappa shape index (κ1) is 85.0. The number of pyridine rings is 2. The van der Waals surface area contributed by atoms with Gasteiger partial charge in [0.15, 0.2) is 69.0 Å². The van der Waals surface area contributed by atoms with Gasteiger partial charge in [-0.25, -0.2) is 4.39 Å². The number of para-hydroxylation sites is 8. The summed E-state index contributed by atoms with van der Waals surface area (Å²) in [6.07, 6.45) is 2.84. The molecule has 0 aliphatic rings. The molecular weight excluding hydrogens is 1380 g/mol. The lowest BCUT2D eigenvalue weighted by Gasteiger charge is -2.14. The normalized spacial score (nSPS) is 9.49. The fourth-order valence-electron chi connectivity index (χ4n) is 8.61. The van der Waals surface area contributed by atoms with E-state index >= 15 is 0 Å². The second-order valence-corrected chi connectivity index (χ2v) is 20.5. The Labute approximate surface area is 622 Å². The maximum atomic E-state index is 12.1. The maximum absolute atomic E-state index is 12.1. The number of nitro groups is 2. The van der Waals surface area contributed by atoms with E-state index in [1.165, 1.54) is 58.0 Å². The number of hydrogen-bond acceptors (Lipinski definition) is 22. The summed E-state index contributed by atoms with van der Waals surface area (Å²) >= 11 is 6.02. The number of phenolic OH excluding ortho intramolecular Hbond substituents is 3. The molecule has 0 spiro atoms. The zero-order chi connectivity index (χ0) is 76.8. The lowest BCUT2D eigenvalue weighted by Crippen LogP contribution is -1.97. The van der Waals surface area contributed by atoms with Crippen molar-refractivity contribution >= 4 is 108 Å². The molecule has 0 unspecified atom stereocenters. The number of nitriles is 2. The summed E-state index contributed by atoms with van der Waals surface area (Å²) in [6.45, 7) is 0. The standard InChI is InChI=1S/C24H19N3O4.C13H11NO4.C13H13NO2.C11H7ClN2O2.C7H8O2.C6H4FNO2.B3.B2.B/c1-29-21-5-3-4-6-22(21)31-17-9-7-16(8-10-17)27-24-15(13-25)14-26-19-12-20(28)23(30-2)11-18(19)24;1-17-12-4-2-3-5-13(12)18-11-8-6-10(7-9-11)14(15)16;1-15-12-4-2-3-5-13(12)16-11-8-6-10(14)7-9-11;1-16-10-2-7-8(3-9(10)15)14-5-6(4-13)11(7)12;1-9-7-5-3-2-4-6(7)8;7-5-1-3-6(4-2-5)8(9)10;1-3-2;1-2;/h3-12,14,28H,1-2H3,(H,26,27);2-9H,1H3;2-9H,14H2,1H3;2-3,5,15H,1H3;2-5,8H,1H3;1-4H;;;. The number of nitrogens with zero attached hydrogens (tertiary/aromatic N) is 6. The Kier molecular flexibility index (Phi) is 35.9. The molecule has 12 rings (SSSR count). The number of phenols is 3. The molecule has 0 saturated heterocycles. The summed E-state index contributed by atoms with van der Waals surface area (Å²) < 4.78 is 59.9. The third kappa shape index (κ3) is 25.6. The SMILES string of the molecule is COc1cc2c(Cl)c(C#N)cnc2cc1O.COc1cc2c(Nc3ccc(Oc4ccccc4OC)cc3)c(C#N)cnc2cc1O.COc1ccccc1O.COc1ccccc1Oc1ccc(N)cc1.COc1ccccc1Oc1ccc([N+](=O)[O-])cc1.O=[N+]([O-])c1ccc(F)cc1.[B].[B][B].[B][B][B]. The summed E-state index contributed by atoms with van der Waals surface area (Å²) in [6, 6.07) is 64.0. The van der Waals surface area contributed by atoms with Gasteiger partial charge in [-0.05, 0) is 133 Å². The van der Waals surface area contributed by atoms with E-state index in [1.54, 1.807) is 94.1 Å². The molecule has 10 aromatic carbocycles. The van der Waals surface area contributed by atoms with Crippen LogP contribution in [0, 0.1) is 48.7 Å². The van der Waals surface area contributed by atoms with Crippen molar-refractivity contribution in [1.82, 2.24) is 9.97 Å². The van der Waals surface area contributed by atoms with Gasteiger partial charge in [-0.15, -0.1) is 0 Å². The topological polar surface area (TPSA) is 341 Å². The van der Waals surface area contributed by atoms with Gasteiger partial charge in [0.25, 0.3) is 11.4 Å². The number of rotatable bonds is 16. The van der Waals surface area contributed by atoms with Gasteiger partial charge in [0.1, 0.15) is 35.2 Å². The zero-order valence-electron chi connectivity index (χ0n) is 57.6. The smallest absolute Gasteiger partial charge is 0.269 e. The first-order chi connectivity index (χ1) is 50.7. The molecule has 0 saturated carbocycles. The molecule has 526 valence electrons. The summed E-state index contributed by atoms with van der Waals surface area (Å²) in [5.74, 6) is 6.51. The molecule has 0 aliphatic heterocycles. The Morgan fingerprint density at radius 2 is 0.811 bits per heavy atom. The number of nitrogens with one attached hydrogen (secondary N) is 1. The van der Waals surface area contributed by atoms with Crippen LogP contribution in [0.15, 0.2) is 231 Å². The highest BCUT2D eigenvalue weighted by Crippen LogP contribution is 2.39. The Bertz CT molecular complexity index is 4870. The van der Waals surface area contributed by atoms with Crippen LogP contribution in [0.1, 0.15) is 11.1 Å². The number of benzene rings is 10. The number of nitro benzene ring substituents is 2. The molecule has 106 heavy (non-hydrogen) atoms. The molecular formula is C74H62B6ClFN8O16. The van der Waals surface area contributed by atoms with Gasteiger partial charge in [0.05, 0.1) is 85.4 Å². The van der Waals surface area contributed by atoms with Gasteiger partial charge in [-0.3, -0.25) is 30.2 Å². The van der Waals surface area contributed by atoms with E-state index in [2.05, 4.69) is 52.3 Å². The number of hydrogen-bond donors (Lipinski definition) is 5. The molecule has 6 N–H and O–H groups in total. The third-order valence-electron chi connectivity index (χ3n) is 13.6. The van der Waals surface area contributed by atoms with Crippen molar-refractivity contribution < 1.29 is 72.2 Å². The van der Waals surface area contributed by atoms with E-state index in [0.717, 1.165) is 42.8 Å². The summed E-state index contributed by atoms with van der Waals surface area (Å²) in [5.41, 5.74) is 9.29. The van der Waals surface area contributed by atoms with Crippen LogP contribution in [0.3, 0.4) is 0 Å². The summed E-state index contributed by atoms with van der Waals surface area (Å²) in [4.78, 5) is 27.8. The number of aromatic hydroxyl groups is 3. The number of ether oxygens (including phenoxy) is 9. The maximum Gasteiger partial charge on any atom is 0.269 e. The largest absolute Gasteiger partial charge is 0.504 e. The molecule has 32 heteroatoms. The molecule has 0 bridgehead atoms. The minimum Gasteiger partial charge on any atom is -0.504 e. The lowest BCUT2D eigenvalue weighted by atomic mass is 9.40. The minimum atomic E-state index is -0.570. The van der Waals surface area contributed by atoms with Crippen LogP contribution in [0.25, 0.3) is 21.8 Å². The number of nitrogens with two attached hydrogens (primary N) is 1. The highest BCUT2D eigenvalue weighted by Gasteiger charge is 2.16.